The van der Waals surface area contributed by atoms with Crippen molar-refractivity contribution in [2.45, 2.75) is 37.6 Å². The van der Waals surface area contributed by atoms with Crippen LogP contribution < -0.4 is 5.43 Å². The zero-order valence-electron chi connectivity index (χ0n) is 6.55. The van der Waals surface area contributed by atoms with Crippen LogP contribution in [-0.4, -0.2) is 10.4 Å². The van der Waals surface area contributed by atoms with Crippen molar-refractivity contribution in [2.75, 3.05) is 0 Å². The van der Waals surface area contributed by atoms with E-state index in [0.717, 1.165) is 17.7 Å². The van der Waals surface area contributed by atoms with E-state index in [-0.39, 0.29) is 5.54 Å². The molecule has 1 aliphatic carbocycles. The third-order valence-electron chi connectivity index (χ3n) is 2.61. The Kier molecular flexibility index (Phi) is 1.44. The van der Waals surface area contributed by atoms with Crippen molar-refractivity contribution in [3.63, 3.8) is 0 Å². The molecule has 1 N–H and O–H groups in total. The number of rotatable bonds is 0. The molecular formula is C8H13N2O+. The quantitative estimate of drug-likeness (QED) is 0.535. The van der Waals surface area contributed by atoms with Crippen LogP contribution in [0.4, 0.5) is 0 Å². The molecule has 3 heteroatoms. The van der Waals surface area contributed by atoms with Crippen LogP contribution in [0.15, 0.2) is 12.3 Å². The van der Waals surface area contributed by atoms with Gasteiger partial charge in [-0.3, -0.25) is 0 Å². The Balaban J connectivity index is 2.10. The summed E-state index contributed by atoms with van der Waals surface area (Å²) in [7, 11) is 0. The molecule has 3 nitrogen and oxygen atoms in total. The van der Waals surface area contributed by atoms with Crippen molar-refractivity contribution in [2.24, 2.45) is 0 Å². The monoisotopic (exact) mass is 153 g/mol. The van der Waals surface area contributed by atoms with Gasteiger partial charge in [0.05, 0.1) is 4.91 Å². The highest BCUT2D eigenvalue weighted by atomic mass is 16.3. The van der Waals surface area contributed by atoms with Crippen molar-refractivity contribution in [3.8, 4) is 0 Å². The van der Waals surface area contributed by atoms with E-state index in [1.165, 1.54) is 19.3 Å². The van der Waals surface area contributed by atoms with Gasteiger partial charge in [-0.1, -0.05) is 19.3 Å². The summed E-state index contributed by atoms with van der Waals surface area (Å²) in [6.07, 6.45) is 9.63. The number of nitrogens with one attached hydrogen (secondary N) is 1. The highest BCUT2D eigenvalue weighted by Crippen LogP contribution is 2.31. The Hall–Kier alpha value is -0.860. The lowest BCUT2D eigenvalue weighted by molar-refractivity contribution is -0.544. The number of nitrogens with zero attached hydrogens (tertiary/aromatic N) is 1. The molecule has 1 heterocycles. The number of hydrazine groups is 1. The lowest BCUT2D eigenvalue weighted by atomic mass is 9.83. The molecule has 1 fully saturated rings. The molecule has 0 radical (unpaired) electrons. The van der Waals surface area contributed by atoms with Crippen molar-refractivity contribution in [1.29, 1.82) is 0 Å². The van der Waals surface area contributed by atoms with E-state index in [4.69, 9.17) is 0 Å². The normalized spacial score (nSPS) is 27.5. The molecule has 0 saturated heterocycles. The Morgan fingerprint density at radius 3 is 2.55 bits per heavy atom. The second-order valence-corrected chi connectivity index (χ2v) is 3.47. The zero-order valence-corrected chi connectivity index (χ0v) is 6.55. The molecule has 11 heavy (non-hydrogen) atoms. The molecule has 0 aromatic rings. The van der Waals surface area contributed by atoms with Crippen LogP contribution in [-0.2, 0) is 0 Å². The highest BCUT2D eigenvalue weighted by molar-refractivity contribution is 5.06. The Morgan fingerprint density at radius 1 is 1.27 bits per heavy atom. The van der Waals surface area contributed by atoms with E-state index in [1.54, 1.807) is 6.20 Å². The molecular weight excluding hydrogens is 140 g/mol. The molecule has 0 aromatic heterocycles. The van der Waals surface area contributed by atoms with E-state index < -0.39 is 0 Å². The minimum absolute atomic E-state index is 0.0278. The Labute approximate surface area is 66.0 Å². The summed E-state index contributed by atoms with van der Waals surface area (Å²) < 4.78 is 0. The van der Waals surface area contributed by atoms with Crippen LogP contribution in [0.5, 0.6) is 0 Å². The molecule has 0 aromatic carbocycles. The van der Waals surface area contributed by atoms with Gasteiger partial charge < -0.3 is 0 Å². The fourth-order valence-electron chi connectivity index (χ4n) is 1.97. The minimum atomic E-state index is 0.0278. The third kappa shape index (κ3) is 1.15. The van der Waals surface area contributed by atoms with E-state index >= 15 is 0 Å². The molecule has 1 aliphatic heterocycles. The van der Waals surface area contributed by atoms with Gasteiger partial charge in [0, 0.05) is 6.08 Å². The lowest BCUT2D eigenvalue weighted by Gasteiger charge is -2.26. The molecule has 2 rings (SSSR count). The first-order valence-corrected chi connectivity index (χ1v) is 4.24. The molecule has 0 unspecified atom stereocenters. The maximum Gasteiger partial charge on any atom is 0.255 e. The summed E-state index contributed by atoms with van der Waals surface area (Å²) in [5, 5.41) is 0. The molecule has 0 bridgehead atoms. The van der Waals surface area contributed by atoms with Gasteiger partial charge in [0.1, 0.15) is 10.4 Å². The number of hydrogen-bond acceptors (Lipinski definition) is 1. The SMILES string of the molecule is O=[N+]1C=CC2(CCCCC2)N1. The first-order chi connectivity index (χ1) is 5.31. The second kappa shape index (κ2) is 2.32. The maximum absolute atomic E-state index is 10.8. The maximum atomic E-state index is 10.8. The van der Waals surface area contributed by atoms with E-state index in [9.17, 15) is 4.91 Å². The third-order valence-corrected chi connectivity index (χ3v) is 2.61. The second-order valence-electron chi connectivity index (χ2n) is 3.47. The van der Waals surface area contributed by atoms with E-state index in [0.29, 0.717) is 0 Å². The predicted octanol–water partition coefficient (Wildman–Crippen LogP) is 1.50. The van der Waals surface area contributed by atoms with Crippen LogP contribution >= 0.6 is 0 Å². The van der Waals surface area contributed by atoms with Gasteiger partial charge >= 0.3 is 0 Å². The summed E-state index contributed by atoms with van der Waals surface area (Å²) in [6.45, 7) is 0. The molecule has 0 amide bonds. The topological polar surface area (TPSA) is 32.1 Å². The molecule has 0 atom stereocenters. The summed E-state index contributed by atoms with van der Waals surface area (Å²) in [5.74, 6) is 0. The van der Waals surface area contributed by atoms with Crippen LogP contribution in [0.3, 0.4) is 0 Å². The molecule has 1 saturated carbocycles. The van der Waals surface area contributed by atoms with Crippen LogP contribution in [0.1, 0.15) is 32.1 Å². The highest BCUT2D eigenvalue weighted by Gasteiger charge is 2.39. The fraction of sp³-hybridized carbons (Fsp3) is 0.750. The van der Waals surface area contributed by atoms with Gasteiger partial charge in [-0.2, -0.15) is 0 Å². The van der Waals surface area contributed by atoms with Gasteiger partial charge in [0.15, 0.2) is 0 Å². The average molecular weight is 153 g/mol. The van der Waals surface area contributed by atoms with Crippen LogP contribution in [0.2, 0.25) is 0 Å². The molecule has 60 valence electrons. The fourth-order valence-corrected chi connectivity index (χ4v) is 1.97. The molecule has 2 aliphatic rings. The van der Waals surface area contributed by atoms with Gasteiger partial charge in [-0.25, -0.2) is 0 Å². The Morgan fingerprint density at radius 2 is 2.00 bits per heavy atom. The number of hydrogen-bond donors (Lipinski definition) is 1. The van der Waals surface area contributed by atoms with Crippen molar-refractivity contribution < 1.29 is 4.87 Å². The first kappa shape index (κ1) is 6.83. The lowest BCUT2D eigenvalue weighted by Crippen LogP contribution is -2.43. The van der Waals surface area contributed by atoms with E-state index in [2.05, 4.69) is 5.43 Å². The first-order valence-electron chi connectivity index (χ1n) is 4.24. The summed E-state index contributed by atoms with van der Waals surface area (Å²) in [4.78, 5) is 11.7. The largest absolute Gasteiger partial charge is 0.255 e. The molecule has 1 spiro atoms. The number of nitroso groups, excluding NO2 is 1. The van der Waals surface area contributed by atoms with Crippen molar-refractivity contribution in [3.05, 3.63) is 17.2 Å². The van der Waals surface area contributed by atoms with Crippen LogP contribution in [0.25, 0.3) is 0 Å². The van der Waals surface area contributed by atoms with Gasteiger partial charge in [-0.05, 0) is 12.8 Å². The Bertz CT molecular complexity index is 204. The van der Waals surface area contributed by atoms with Gasteiger partial charge in [0.25, 0.3) is 6.20 Å². The van der Waals surface area contributed by atoms with Crippen molar-refractivity contribution in [1.82, 2.24) is 5.43 Å². The smallest absolute Gasteiger partial charge is 0.137 e. The minimum Gasteiger partial charge on any atom is -0.137 e. The summed E-state index contributed by atoms with van der Waals surface area (Å²) in [5.41, 5.74) is 2.96. The predicted molar refractivity (Wildman–Crippen MR) is 41.7 cm³/mol. The van der Waals surface area contributed by atoms with E-state index in [1.807, 2.05) is 6.08 Å². The summed E-state index contributed by atoms with van der Waals surface area (Å²) >= 11 is 0. The van der Waals surface area contributed by atoms with Gasteiger partial charge in [-0.15, -0.1) is 5.43 Å². The average Bonchev–Trinajstić information content (AvgIpc) is 2.34. The summed E-state index contributed by atoms with van der Waals surface area (Å²) in [6, 6.07) is 0. The standard InChI is InChI=1S/C8H13N2O/c11-10-7-6-8(9-10)4-2-1-3-5-8/h6-7H,1-5H2,(H,9,11)/q+1. The zero-order chi connectivity index (χ0) is 7.73. The van der Waals surface area contributed by atoms with Gasteiger partial charge in [0.2, 0.25) is 0 Å². The van der Waals surface area contributed by atoms with Crippen LogP contribution in [0, 0.1) is 4.91 Å². The van der Waals surface area contributed by atoms with Crippen molar-refractivity contribution >= 4 is 0 Å².